The lowest BCUT2D eigenvalue weighted by Crippen LogP contribution is -2.46. The molecule has 6 nitrogen and oxygen atoms in total. The van der Waals surface area contributed by atoms with Gasteiger partial charge >= 0.3 is 5.97 Å². The van der Waals surface area contributed by atoms with Crippen molar-refractivity contribution in [1.82, 2.24) is 5.32 Å². The van der Waals surface area contributed by atoms with Crippen LogP contribution in [0.4, 0.5) is 0 Å². The number of ether oxygens (including phenoxy) is 1. The van der Waals surface area contributed by atoms with Gasteiger partial charge in [0.05, 0.1) is 25.2 Å². The van der Waals surface area contributed by atoms with Crippen LogP contribution in [0.1, 0.15) is 271 Å². The number of hydrogen-bond acceptors (Lipinski definition) is 5. The lowest BCUT2D eigenvalue weighted by atomic mass is 10.0. The van der Waals surface area contributed by atoms with Gasteiger partial charge in [0.25, 0.3) is 0 Å². The predicted molar refractivity (Wildman–Crippen MR) is 278 cm³/mol. The SMILES string of the molecule is CC/C=C/C/C=C/C/C=C/CCCCC(CC(=O)NC(CO)C(O)CCCCCCCCCCCCCCCCCC)OC(=O)CCCCCCCCC/C=C\C/C=C\CCCCC. The summed E-state index contributed by atoms with van der Waals surface area (Å²) in [6.45, 7) is 6.35. The van der Waals surface area contributed by atoms with Crippen molar-refractivity contribution in [2.24, 2.45) is 0 Å². The first-order valence-electron chi connectivity index (χ1n) is 27.5. The van der Waals surface area contributed by atoms with E-state index < -0.39 is 18.2 Å². The largest absolute Gasteiger partial charge is 0.462 e. The Balaban J connectivity index is 4.55. The van der Waals surface area contributed by atoms with Crippen LogP contribution in [0.3, 0.4) is 0 Å². The summed E-state index contributed by atoms with van der Waals surface area (Å²) in [5, 5.41) is 23.8. The van der Waals surface area contributed by atoms with Crippen molar-refractivity contribution in [2.75, 3.05) is 6.61 Å². The topological polar surface area (TPSA) is 95.9 Å². The maximum absolute atomic E-state index is 13.2. The molecule has 3 atom stereocenters. The van der Waals surface area contributed by atoms with E-state index in [1.165, 1.54) is 135 Å². The number of aliphatic hydroxyl groups excluding tert-OH is 2. The third kappa shape index (κ3) is 46.1. The second-order valence-electron chi connectivity index (χ2n) is 18.6. The van der Waals surface area contributed by atoms with E-state index in [0.29, 0.717) is 19.3 Å². The predicted octanol–water partition coefficient (Wildman–Crippen LogP) is 16.8. The third-order valence-electron chi connectivity index (χ3n) is 12.3. The highest BCUT2D eigenvalue weighted by Crippen LogP contribution is 2.18. The molecule has 0 heterocycles. The van der Waals surface area contributed by atoms with Crippen LogP contribution in [0.25, 0.3) is 0 Å². The molecule has 0 aliphatic carbocycles. The molecule has 0 bridgehead atoms. The Morgan fingerprint density at radius 3 is 1.33 bits per heavy atom. The second kappa shape index (κ2) is 51.5. The normalized spacial score (nSPS) is 13.6. The molecule has 3 unspecified atom stereocenters. The van der Waals surface area contributed by atoms with Crippen molar-refractivity contribution in [2.45, 2.75) is 289 Å². The standard InChI is InChI=1S/C58H105NO5/c1-4-7-10-13-16-19-22-25-27-29-31-33-36-39-42-45-48-51-58(63)64-54(49-46-43-40-37-34-24-21-18-15-12-9-6-3)52-57(62)59-55(53-60)56(61)50-47-44-41-38-35-32-30-28-26-23-20-17-14-11-8-5-2/h9,12,16,18-19,21,25,27,34,37,54-56,60-61H,4-8,10-11,13-15,17,20,22-24,26,28-33,35-36,38-53H2,1-3H3,(H,59,62)/b12-9+,19-16-,21-18+,27-25-,37-34+. The summed E-state index contributed by atoms with van der Waals surface area (Å²) in [5.41, 5.74) is 0. The van der Waals surface area contributed by atoms with Crippen LogP contribution in [-0.4, -0.2) is 46.9 Å². The van der Waals surface area contributed by atoms with Gasteiger partial charge in [0.1, 0.15) is 6.10 Å². The first-order chi connectivity index (χ1) is 31.5. The lowest BCUT2D eigenvalue weighted by molar-refractivity contribution is -0.151. The molecule has 0 aromatic heterocycles. The molecule has 1 amide bonds. The van der Waals surface area contributed by atoms with Gasteiger partial charge in [0, 0.05) is 6.42 Å². The molecule has 0 rings (SSSR count). The zero-order valence-electron chi connectivity index (χ0n) is 42.4. The minimum atomic E-state index is -0.801. The summed E-state index contributed by atoms with van der Waals surface area (Å²) in [5.74, 6) is -0.517. The summed E-state index contributed by atoms with van der Waals surface area (Å²) >= 11 is 0. The number of nitrogens with one attached hydrogen (secondary N) is 1. The maximum Gasteiger partial charge on any atom is 0.306 e. The quantitative estimate of drug-likeness (QED) is 0.0321. The summed E-state index contributed by atoms with van der Waals surface area (Å²) < 4.78 is 5.92. The van der Waals surface area contributed by atoms with Gasteiger partial charge in [-0.25, -0.2) is 0 Å². The Morgan fingerprint density at radius 2 is 0.844 bits per heavy atom. The van der Waals surface area contributed by atoms with Crippen molar-refractivity contribution >= 4 is 11.9 Å². The minimum Gasteiger partial charge on any atom is -0.462 e. The number of carbonyl (C=O) groups is 2. The van der Waals surface area contributed by atoms with Gasteiger partial charge in [-0.15, -0.1) is 0 Å². The molecule has 64 heavy (non-hydrogen) atoms. The number of carbonyl (C=O) groups excluding carboxylic acids is 2. The lowest BCUT2D eigenvalue weighted by Gasteiger charge is -2.24. The Kier molecular flexibility index (Phi) is 49.6. The van der Waals surface area contributed by atoms with Gasteiger partial charge in [-0.2, -0.15) is 0 Å². The van der Waals surface area contributed by atoms with E-state index >= 15 is 0 Å². The van der Waals surface area contributed by atoms with E-state index in [9.17, 15) is 19.8 Å². The Morgan fingerprint density at radius 1 is 0.469 bits per heavy atom. The Bertz CT molecular complexity index is 1140. The highest BCUT2D eigenvalue weighted by molar-refractivity contribution is 5.77. The van der Waals surface area contributed by atoms with E-state index in [1.54, 1.807) is 0 Å². The summed E-state index contributed by atoms with van der Waals surface area (Å²) in [6, 6.07) is -0.717. The summed E-state index contributed by atoms with van der Waals surface area (Å²) in [7, 11) is 0. The van der Waals surface area contributed by atoms with Crippen LogP contribution >= 0.6 is 0 Å². The number of aliphatic hydroxyl groups is 2. The third-order valence-corrected chi connectivity index (χ3v) is 12.3. The first-order valence-corrected chi connectivity index (χ1v) is 27.5. The molecule has 0 aliphatic rings. The molecule has 3 N–H and O–H groups in total. The van der Waals surface area contributed by atoms with Gasteiger partial charge in [-0.3, -0.25) is 9.59 Å². The molecule has 0 radical (unpaired) electrons. The fraction of sp³-hybridized carbons (Fsp3) is 0.793. The Hall–Kier alpha value is -2.44. The van der Waals surface area contributed by atoms with Gasteiger partial charge in [-0.1, -0.05) is 229 Å². The molecular formula is C58H105NO5. The molecule has 0 fully saturated rings. The number of hydrogen-bond donors (Lipinski definition) is 3. The zero-order valence-corrected chi connectivity index (χ0v) is 42.4. The highest BCUT2D eigenvalue weighted by atomic mass is 16.5. The first kappa shape index (κ1) is 61.6. The van der Waals surface area contributed by atoms with Gasteiger partial charge in [-0.05, 0) is 89.9 Å². The Labute approximate surface area is 397 Å². The second-order valence-corrected chi connectivity index (χ2v) is 18.6. The van der Waals surface area contributed by atoms with Crippen LogP contribution in [0.2, 0.25) is 0 Å². The summed E-state index contributed by atoms with van der Waals surface area (Å²) in [4.78, 5) is 26.2. The van der Waals surface area contributed by atoms with Gasteiger partial charge in [0.15, 0.2) is 0 Å². The number of amides is 1. The number of esters is 1. The average Bonchev–Trinajstić information content (AvgIpc) is 3.29. The smallest absolute Gasteiger partial charge is 0.306 e. The maximum atomic E-state index is 13.2. The molecular weight excluding hydrogens is 791 g/mol. The van der Waals surface area contributed by atoms with Crippen LogP contribution in [0.15, 0.2) is 60.8 Å². The fourth-order valence-corrected chi connectivity index (χ4v) is 8.18. The van der Waals surface area contributed by atoms with Crippen LogP contribution in [-0.2, 0) is 14.3 Å². The number of allylic oxidation sites excluding steroid dienone is 10. The van der Waals surface area contributed by atoms with E-state index in [-0.39, 0.29) is 24.9 Å². The highest BCUT2D eigenvalue weighted by Gasteiger charge is 2.24. The molecule has 0 aromatic rings. The minimum absolute atomic E-state index is 0.0477. The fourth-order valence-electron chi connectivity index (χ4n) is 8.18. The van der Waals surface area contributed by atoms with Gasteiger partial charge in [0.2, 0.25) is 5.91 Å². The number of rotatable bonds is 49. The zero-order chi connectivity index (χ0) is 46.7. The average molecular weight is 896 g/mol. The molecule has 0 aliphatic heterocycles. The molecule has 0 spiro atoms. The van der Waals surface area contributed by atoms with Crippen molar-refractivity contribution < 1.29 is 24.5 Å². The molecule has 372 valence electrons. The van der Waals surface area contributed by atoms with Crippen molar-refractivity contribution in [3.8, 4) is 0 Å². The monoisotopic (exact) mass is 896 g/mol. The van der Waals surface area contributed by atoms with Crippen molar-refractivity contribution in [1.29, 1.82) is 0 Å². The van der Waals surface area contributed by atoms with Crippen LogP contribution in [0, 0.1) is 0 Å². The van der Waals surface area contributed by atoms with E-state index in [2.05, 4.69) is 86.8 Å². The van der Waals surface area contributed by atoms with Crippen LogP contribution in [0.5, 0.6) is 0 Å². The van der Waals surface area contributed by atoms with E-state index in [0.717, 1.165) is 89.9 Å². The molecule has 6 heteroatoms. The molecule has 0 aromatic carbocycles. The van der Waals surface area contributed by atoms with Gasteiger partial charge < -0.3 is 20.3 Å². The van der Waals surface area contributed by atoms with E-state index in [4.69, 9.17) is 4.74 Å². The van der Waals surface area contributed by atoms with E-state index in [1.807, 2.05) is 0 Å². The number of unbranched alkanes of at least 4 members (excludes halogenated alkanes) is 27. The molecule has 0 saturated carbocycles. The van der Waals surface area contributed by atoms with Crippen molar-refractivity contribution in [3.05, 3.63) is 60.8 Å². The summed E-state index contributed by atoms with van der Waals surface area (Å²) in [6.07, 6.45) is 64.3. The van der Waals surface area contributed by atoms with Crippen molar-refractivity contribution in [3.63, 3.8) is 0 Å². The van der Waals surface area contributed by atoms with Crippen LogP contribution < -0.4 is 5.32 Å². The molecule has 0 saturated heterocycles.